The molecular weight excluding hydrogens is 502 g/mol. The van der Waals surface area contributed by atoms with Crippen molar-refractivity contribution in [2.24, 2.45) is 5.73 Å². The highest BCUT2D eigenvalue weighted by Crippen LogP contribution is 2.35. The maximum atomic E-state index is 13.9. The van der Waals surface area contributed by atoms with Gasteiger partial charge in [0.1, 0.15) is 10.6 Å². The van der Waals surface area contributed by atoms with Crippen LogP contribution in [0.2, 0.25) is 0 Å². The number of nitrogens with zero attached hydrogens (tertiary/aromatic N) is 2. The van der Waals surface area contributed by atoms with Crippen molar-refractivity contribution in [3.63, 3.8) is 0 Å². The molecule has 1 saturated heterocycles. The van der Waals surface area contributed by atoms with E-state index in [2.05, 4.69) is 9.69 Å². The Balaban J connectivity index is 1.75. The highest BCUT2D eigenvalue weighted by atomic mass is 32.1. The summed E-state index contributed by atoms with van der Waals surface area (Å²) >= 11 is 2.12. The van der Waals surface area contributed by atoms with Crippen LogP contribution >= 0.6 is 22.9 Å². The van der Waals surface area contributed by atoms with E-state index in [9.17, 15) is 14.4 Å². The number of nitrogen functional groups attached to an aromatic ring is 1. The minimum absolute atomic E-state index is 0.0196. The molecule has 0 aliphatic carbocycles. The van der Waals surface area contributed by atoms with Gasteiger partial charge in [0.25, 0.3) is 11.8 Å². The summed E-state index contributed by atoms with van der Waals surface area (Å²) in [4.78, 5) is 41.3. The number of hydrogen-bond acceptors (Lipinski definition) is 9. The number of amides is 3. The number of aromatic nitrogens is 1. The predicted octanol–water partition coefficient (Wildman–Crippen LogP) is 2.97. The number of benzene rings is 1. The third-order valence-electron chi connectivity index (χ3n) is 5.65. The molecule has 3 aromatic rings. The lowest BCUT2D eigenvalue weighted by Crippen LogP contribution is -2.45. The maximum Gasteiger partial charge on any atom is 0.273 e. The van der Waals surface area contributed by atoms with Gasteiger partial charge >= 0.3 is 0 Å². The zero-order valence-electron chi connectivity index (χ0n) is 19.6. The van der Waals surface area contributed by atoms with Crippen molar-refractivity contribution in [3.8, 4) is 5.75 Å². The maximum absolute atomic E-state index is 13.9. The van der Waals surface area contributed by atoms with Crippen LogP contribution in [0.3, 0.4) is 0 Å². The Kier molecular flexibility index (Phi) is 8.18. The number of nitrogens with one attached hydrogen (secondary N) is 1. The largest absolute Gasteiger partial charge is 0.494 e. The minimum Gasteiger partial charge on any atom is -0.494 e. The molecular formula is C24H27N5O5S2. The molecule has 12 heteroatoms. The fourth-order valence-electron chi connectivity index (χ4n) is 3.93. The van der Waals surface area contributed by atoms with Gasteiger partial charge in [-0.25, -0.2) is 0 Å². The zero-order chi connectivity index (χ0) is 25.7. The Morgan fingerprint density at radius 3 is 2.64 bits per heavy atom. The normalized spacial score (nSPS) is 15.9. The van der Waals surface area contributed by atoms with Crippen LogP contribution in [0.25, 0.3) is 0 Å². The average Bonchev–Trinajstić information content (AvgIpc) is 3.64. The SMILES string of the molecule is CCOc1ccc(N(C(=O)c2snc(C(N)=O)c2N)[C@@H](C(=O)NC[C@@H]2CCCO2)c2cccs2)cc1. The number of carbonyl (C=O) groups excluding carboxylic acids is 3. The third-order valence-corrected chi connectivity index (χ3v) is 7.42. The summed E-state index contributed by atoms with van der Waals surface area (Å²) in [6.45, 7) is 3.36. The molecule has 1 aromatic carbocycles. The minimum atomic E-state index is -1.00. The number of carbonyl (C=O) groups is 3. The summed E-state index contributed by atoms with van der Waals surface area (Å²) in [5.41, 5.74) is 11.6. The van der Waals surface area contributed by atoms with E-state index in [0.29, 0.717) is 36.1 Å². The first kappa shape index (κ1) is 25.6. The van der Waals surface area contributed by atoms with Gasteiger partial charge in [-0.2, -0.15) is 4.37 Å². The Labute approximate surface area is 216 Å². The fraction of sp³-hybridized carbons (Fsp3) is 0.333. The molecule has 10 nitrogen and oxygen atoms in total. The van der Waals surface area contributed by atoms with Gasteiger partial charge in [-0.15, -0.1) is 11.3 Å². The van der Waals surface area contributed by atoms with E-state index in [-0.39, 0.29) is 28.3 Å². The number of rotatable bonds is 10. The lowest BCUT2D eigenvalue weighted by molar-refractivity contribution is -0.122. The lowest BCUT2D eigenvalue weighted by atomic mass is 10.1. The van der Waals surface area contributed by atoms with Gasteiger partial charge < -0.3 is 26.3 Å². The topological polar surface area (TPSA) is 150 Å². The summed E-state index contributed by atoms with van der Waals surface area (Å²) in [5.74, 6) is -1.15. The van der Waals surface area contributed by atoms with E-state index in [1.807, 2.05) is 18.4 Å². The molecule has 2 atom stereocenters. The summed E-state index contributed by atoms with van der Waals surface area (Å²) in [5, 5.41) is 4.78. The molecule has 3 amide bonds. The second-order valence-corrected chi connectivity index (χ2v) is 9.79. The van der Waals surface area contributed by atoms with Crippen LogP contribution in [0.4, 0.5) is 11.4 Å². The van der Waals surface area contributed by atoms with Crippen LogP contribution in [0.15, 0.2) is 41.8 Å². The number of nitrogens with two attached hydrogens (primary N) is 2. The third kappa shape index (κ3) is 5.50. The van der Waals surface area contributed by atoms with E-state index in [1.165, 1.54) is 16.2 Å². The molecule has 5 N–H and O–H groups in total. The van der Waals surface area contributed by atoms with Crippen molar-refractivity contribution in [3.05, 3.63) is 57.2 Å². The number of hydrogen-bond donors (Lipinski definition) is 3. The molecule has 0 radical (unpaired) electrons. The first-order chi connectivity index (χ1) is 17.4. The Hall–Kier alpha value is -3.48. The molecule has 36 heavy (non-hydrogen) atoms. The van der Waals surface area contributed by atoms with Gasteiger partial charge in [-0.1, -0.05) is 6.07 Å². The molecule has 1 aliphatic rings. The number of anilines is 2. The van der Waals surface area contributed by atoms with Crippen LogP contribution in [0.1, 0.15) is 50.8 Å². The molecule has 0 saturated carbocycles. The van der Waals surface area contributed by atoms with Crippen molar-refractivity contribution in [2.75, 3.05) is 30.4 Å². The van der Waals surface area contributed by atoms with Crippen LogP contribution in [-0.4, -0.2) is 48.0 Å². The van der Waals surface area contributed by atoms with Crippen LogP contribution in [0.5, 0.6) is 5.75 Å². The van der Waals surface area contributed by atoms with E-state index in [4.69, 9.17) is 20.9 Å². The van der Waals surface area contributed by atoms with Crippen molar-refractivity contribution < 1.29 is 23.9 Å². The second kappa shape index (κ2) is 11.5. The molecule has 0 spiro atoms. The molecule has 1 aliphatic heterocycles. The molecule has 190 valence electrons. The van der Waals surface area contributed by atoms with Crippen molar-refractivity contribution in [1.82, 2.24) is 9.69 Å². The number of ether oxygens (including phenoxy) is 2. The smallest absolute Gasteiger partial charge is 0.273 e. The Bertz CT molecular complexity index is 1210. The van der Waals surface area contributed by atoms with E-state index in [1.54, 1.807) is 30.3 Å². The first-order valence-corrected chi connectivity index (χ1v) is 13.1. The van der Waals surface area contributed by atoms with Gasteiger partial charge in [0, 0.05) is 23.7 Å². The standard InChI is InChI=1S/C24H27N5O5S2/c1-2-33-15-9-7-14(8-10-15)29(24(32)21-18(25)19(22(26)30)28-36-21)20(17-6-4-12-35-17)23(31)27-13-16-5-3-11-34-16/h4,6-10,12,16,20H,2-3,5,11,13,25H2,1H3,(H2,26,30)(H,27,31)/t16-,20+/m0/s1. The van der Waals surface area contributed by atoms with Crippen LogP contribution < -0.4 is 26.4 Å². The highest BCUT2D eigenvalue weighted by molar-refractivity contribution is 7.10. The van der Waals surface area contributed by atoms with E-state index in [0.717, 1.165) is 24.4 Å². The molecule has 3 heterocycles. The van der Waals surface area contributed by atoms with Crippen molar-refractivity contribution in [1.29, 1.82) is 0 Å². The van der Waals surface area contributed by atoms with Gasteiger partial charge in [-0.3, -0.25) is 19.3 Å². The first-order valence-electron chi connectivity index (χ1n) is 11.4. The van der Waals surface area contributed by atoms with Crippen LogP contribution in [-0.2, 0) is 9.53 Å². The Morgan fingerprint density at radius 2 is 2.06 bits per heavy atom. The molecule has 0 bridgehead atoms. The highest BCUT2D eigenvalue weighted by Gasteiger charge is 2.37. The number of thiophene rings is 1. The second-order valence-electron chi connectivity index (χ2n) is 8.04. The average molecular weight is 530 g/mol. The number of primary amides is 1. The molecule has 0 unspecified atom stereocenters. The van der Waals surface area contributed by atoms with Gasteiger partial charge in [0.15, 0.2) is 11.7 Å². The summed E-state index contributed by atoms with van der Waals surface area (Å²) < 4.78 is 15.1. The fourth-order valence-corrected chi connectivity index (χ4v) is 5.48. The van der Waals surface area contributed by atoms with Crippen LogP contribution in [0, 0.1) is 0 Å². The van der Waals surface area contributed by atoms with Gasteiger partial charge in [-0.05, 0) is 67.0 Å². The Morgan fingerprint density at radius 1 is 1.28 bits per heavy atom. The molecule has 1 fully saturated rings. The predicted molar refractivity (Wildman–Crippen MR) is 139 cm³/mol. The molecule has 2 aromatic heterocycles. The van der Waals surface area contributed by atoms with E-state index < -0.39 is 17.9 Å². The summed E-state index contributed by atoms with van der Waals surface area (Å²) in [6.07, 6.45) is 1.74. The molecule has 4 rings (SSSR count). The van der Waals surface area contributed by atoms with E-state index >= 15 is 0 Å². The van der Waals surface area contributed by atoms with Gasteiger partial charge in [0.2, 0.25) is 5.91 Å². The zero-order valence-corrected chi connectivity index (χ0v) is 21.3. The summed E-state index contributed by atoms with van der Waals surface area (Å²) in [7, 11) is 0. The lowest BCUT2D eigenvalue weighted by Gasteiger charge is -2.30. The summed E-state index contributed by atoms with van der Waals surface area (Å²) in [6, 6.07) is 9.44. The van der Waals surface area contributed by atoms with Crippen molar-refractivity contribution in [2.45, 2.75) is 31.9 Å². The monoisotopic (exact) mass is 529 g/mol. The quantitative estimate of drug-likeness (QED) is 0.365. The van der Waals surface area contributed by atoms with Crippen molar-refractivity contribution >= 4 is 52.0 Å². The van der Waals surface area contributed by atoms with Gasteiger partial charge in [0.05, 0.1) is 18.4 Å².